The van der Waals surface area contributed by atoms with Crippen molar-refractivity contribution >= 4 is 17.7 Å². The van der Waals surface area contributed by atoms with Crippen molar-refractivity contribution in [2.75, 3.05) is 6.54 Å². The van der Waals surface area contributed by atoms with Crippen molar-refractivity contribution in [2.45, 2.75) is 24.3 Å². The molecule has 0 bridgehead atoms. The Kier molecular flexibility index (Phi) is 6.17. The molecular weight excluding hydrogens is 310 g/mol. The number of thioether (sulfide) groups is 1. The lowest BCUT2D eigenvalue weighted by atomic mass is 10.2. The molecule has 0 aliphatic carbocycles. The van der Waals surface area contributed by atoms with E-state index in [0.29, 0.717) is 23.1 Å². The molecule has 1 aromatic carbocycles. The third-order valence-electron chi connectivity index (χ3n) is 3.05. The van der Waals surface area contributed by atoms with Crippen LogP contribution in [-0.4, -0.2) is 22.4 Å². The van der Waals surface area contributed by atoms with Crippen LogP contribution in [0, 0.1) is 6.92 Å². The predicted octanol–water partition coefficient (Wildman–Crippen LogP) is 2.22. The molecule has 0 fully saturated rings. The van der Waals surface area contributed by atoms with E-state index in [1.165, 1.54) is 23.4 Å². The second-order valence-corrected chi connectivity index (χ2v) is 6.05. The molecule has 0 unspecified atom stereocenters. The molecule has 1 heterocycles. The molecule has 0 saturated carbocycles. The lowest BCUT2D eigenvalue weighted by Gasteiger charge is -2.05. The summed E-state index contributed by atoms with van der Waals surface area (Å²) in [5, 5.41) is 3.18. The molecule has 6 heteroatoms. The van der Waals surface area contributed by atoms with Gasteiger partial charge < -0.3 is 10.3 Å². The first-order chi connectivity index (χ1) is 11.1. The fourth-order valence-electron chi connectivity index (χ4n) is 1.89. The average Bonchev–Trinajstić information content (AvgIpc) is 2.52. The molecule has 1 aromatic heterocycles. The highest BCUT2D eigenvalue weighted by Gasteiger charge is 2.07. The minimum Gasteiger partial charge on any atom is -0.352 e. The summed E-state index contributed by atoms with van der Waals surface area (Å²) in [4.78, 5) is 30.4. The number of nitrogens with one attached hydrogen (secondary N) is 2. The number of hydrogen-bond acceptors (Lipinski definition) is 4. The van der Waals surface area contributed by atoms with Crippen molar-refractivity contribution < 1.29 is 4.79 Å². The average molecular weight is 329 g/mol. The minimum absolute atomic E-state index is 0.0792. The van der Waals surface area contributed by atoms with E-state index in [9.17, 15) is 9.59 Å². The number of benzene rings is 1. The Balaban J connectivity index is 2.01. The molecule has 0 atom stereocenters. The van der Waals surface area contributed by atoms with Crippen LogP contribution in [0.2, 0.25) is 0 Å². The first-order valence-electron chi connectivity index (χ1n) is 7.23. The van der Waals surface area contributed by atoms with Gasteiger partial charge in [0.2, 0.25) is 5.91 Å². The molecule has 2 rings (SSSR count). The van der Waals surface area contributed by atoms with Crippen LogP contribution in [0.15, 0.2) is 52.9 Å². The highest BCUT2D eigenvalue weighted by molar-refractivity contribution is 7.98. The Hall–Kier alpha value is -2.34. The summed E-state index contributed by atoms with van der Waals surface area (Å²) in [5.74, 6) is 0.521. The molecule has 23 heavy (non-hydrogen) atoms. The van der Waals surface area contributed by atoms with Crippen molar-refractivity contribution in [1.29, 1.82) is 0 Å². The summed E-state index contributed by atoms with van der Waals surface area (Å²) in [6.07, 6.45) is 1.68. The SMILES string of the molecule is C=CCNC(=O)Cc1cc(=O)[nH]c(SCc2ccc(C)cc2)n1. The standard InChI is InChI=1S/C17H19N3O2S/c1-3-8-18-15(21)9-14-10-16(22)20-17(19-14)23-11-13-6-4-12(2)5-7-13/h3-7,10H,1,8-9,11H2,2H3,(H,18,21)(H,19,20,22). The molecule has 2 N–H and O–H groups in total. The van der Waals surface area contributed by atoms with Crippen molar-refractivity contribution in [2.24, 2.45) is 0 Å². The van der Waals surface area contributed by atoms with Gasteiger partial charge in [-0.25, -0.2) is 4.98 Å². The summed E-state index contributed by atoms with van der Waals surface area (Å²) in [7, 11) is 0. The van der Waals surface area contributed by atoms with Gasteiger partial charge in [-0.05, 0) is 12.5 Å². The molecule has 5 nitrogen and oxygen atoms in total. The Morgan fingerprint density at radius 2 is 2.13 bits per heavy atom. The monoisotopic (exact) mass is 329 g/mol. The smallest absolute Gasteiger partial charge is 0.251 e. The van der Waals surface area contributed by atoms with E-state index in [1.54, 1.807) is 6.08 Å². The quantitative estimate of drug-likeness (QED) is 0.464. The minimum atomic E-state index is -0.252. The molecule has 1 amide bonds. The van der Waals surface area contributed by atoms with Gasteiger partial charge in [0.15, 0.2) is 5.16 Å². The van der Waals surface area contributed by atoms with Gasteiger partial charge >= 0.3 is 0 Å². The summed E-state index contributed by atoms with van der Waals surface area (Å²) in [6, 6.07) is 9.54. The van der Waals surface area contributed by atoms with Gasteiger partial charge in [-0.2, -0.15) is 0 Å². The Bertz CT molecular complexity index is 738. The fourth-order valence-corrected chi connectivity index (χ4v) is 2.74. The van der Waals surface area contributed by atoms with Crippen molar-refractivity contribution in [3.8, 4) is 0 Å². The predicted molar refractivity (Wildman–Crippen MR) is 92.5 cm³/mol. The molecule has 0 aliphatic rings. The molecule has 0 saturated heterocycles. The van der Waals surface area contributed by atoms with Gasteiger partial charge in [0.05, 0.1) is 12.1 Å². The Labute approximate surface area is 139 Å². The Morgan fingerprint density at radius 1 is 1.39 bits per heavy atom. The second kappa shape index (κ2) is 8.33. The van der Waals surface area contributed by atoms with Crippen molar-refractivity contribution in [3.63, 3.8) is 0 Å². The van der Waals surface area contributed by atoms with Crippen LogP contribution in [0.4, 0.5) is 0 Å². The zero-order chi connectivity index (χ0) is 16.7. The number of aryl methyl sites for hydroxylation is 1. The number of H-pyrrole nitrogens is 1. The van der Waals surface area contributed by atoms with Gasteiger partial charge in [-0.3, -0.25) is 9.59 Å². The topological polar surface area (TPSA) is 74.8 Å². The maximum absolute atomic E-state index is 11.7. The zero-order valence-corrected chi connectivity index (χ0v) is 13.8. The number of carbonyl (C=O) groups excluding carboxylic acids is 1. The van der Waals surface area contributed by atoms with E-state index < -0.39 is 0 Å². The number of hydrogen-bond donors (Lipinski definition) is 2. The van der Waals surface area contributed by atoms with E-state index >= 15 is 0 Å². The van der Waals surface area contributed by atoms with E-state index in [1.807, 2.05) is 31.2 Å². The highest BCUT2D eigenvalue weighted by atomic mass is 32.2. The third kappa shape index (κ3) is 5.75. The van der Waals surface area contributed by atoms with Crippen LogP contribution in [0.3, 0.4) is 0 Å². The Morgan fingerprint density at radius 3 is 2.83 bits per heavy atom. The lowest BCUT2D eigenvalue weighted by molar-refractivity contribution is -0.120. The number of carbonyl (C=O) groups is 1. The van der Waals surface area contributed by atoms with Gasteiger partial charge in [0.25, 0.3) is 5.56 Å². The van der Waals surface area contributed by atoms with Crippen LogP contribution in [0.1, 0.15) is 16.8 Å². The van der Waals surface area contributed by atoms with Gasteiger partial charge in [0, 0.05) is 18.4 Å². The molecule has 0 radical (unpaired) electrons. The summed E-state index contributed by atoms with van der Waals surface area (Å²) in [6.45, 7) is 5.98. The van der Waals surface area contributed by atoms with Crippen LogP contribution in [0.5, 0.6) is 0 Å². The second-order valence-electron chi connectivity index (χ2n) is 5.09. The molecule has 120 valence electrons. The fraction of sp³-hybridized carbons (Fsp3) is 0.235. The lowest BCUT2D eigenvalue weighted by Crippen LogP contribution is -2.26. The summed E-state index contributed by atoms with van der Waals surface area (Å²) in [5.41, 5.74) is 2.56. The highest BCUT2D eigenvalue weighted by Crippen LogP contribution is 2.18. The number of aromatic amines is 1. The van der Waals surface area contributed by atoms with Crippen molar-refractivity contribution in [3.05, 3.63) is 70.2 Å². The number of aromatic nitrogens is 2. The third-order valence-corrected chi connectivity index (χ3v) is 4.00. The zero-order valence-electron chi connectivity index (χ0n) is 13.0. The van der Waals surface area contributed by atoms with Crippen LogP contribution in [0.25, 0.3) is 0 Å². The van der Waals surface area contributed by atoms with E-state index in [2.05, 4.69) is 21.9 Å². The van der Waals surface area contributed by atoms with Gasteiger partial charge in [-0.1, -0.05) is 47.7 Å². The first kappa shape index (κ1) is 17.0. The van der Waals surface area contributed by atoms with Gasteiger partial charge in [-0.15, -0.1) is 6.58 Å². The maximum Gasteiger partial charge on any atom is 0.251 e. The van der Waals surface area contributed by atoms with Crippen molar-refractivity contribution in [1.82, 2.24) is 15.3 Å². The van der Waals surface area contributed by atoms with E-state index in [-0.39, 0.29) is 17.9 Å². The van der Waals surface area contributed by atoms with Gasteiger partial charge in [0.1, 0.15) is 0 Å². The first-order valence-corrected chi connectivity index (χ1v) is 8.21. The molecule has 0 spiro atoms. The van der Waals surface area contributed by atoms with Crippen LogP contribution < -0.4 is 10.9 Å². The molecule has 0 aliphatic heterocycles. The maximum atomic E-state index is 11.7. The van der Waals surface area contributed by atoms with E-state index in [4.69, 9.17) is 0 Å². The summed E-state index contributed by atoms with van der Waals surface area (Å²) < 4.78 is 0. The molecular formula is C17H19N3O2S. The number of rotatable bonds is 7. The van der Waals surface area contributed by atoms with E-state index in [0.717, 1.165) is 5.56 Å². The number of amides is 1. The molecule has 2 aromatic rings. The largest absolute Gasteiger partial charge is 0.352 e. The normalized spacial score (nSPS) is 10.3. The van der Waals surface area contributed by atoms with Crippen LogP contribution in [-0.2, 0) is 17.0 Å². The summed E-state index contributed by atoms with van der Waals surface area (Å²) >= 11 is 1.44. The van der Waals surface area contributed by atoms with Crippen LogP contribution >= 0.6 is 11.8 Å². The number of nitrogens with zero attached hydrogens (tertiary/aromatic N) is 1.